The first kappa shape index (κ1) is 29.5. The molecule has 0 atom stereocenters. The maximum absolute atomic E-state index is 2.32. The summed E-state index contributed by atoms with van der Waals surface area (Å²) in [4.78, 5) is 0. The number of unbranched alkanes of at least 4 members (excludes halogenated alkanes) is 22. The van der Waals surface area contributed by atoms with Crippen molar-refractivity contribution in [3.63, 3.8) is 0 Å². The van der Waals surface area contributed by atoms with Gasteiger partial charge in [-0.25, -0.2) is 0 Å². The van der Waals surface area contributed by atoms with Crippen molar-refractivity contribution in [1.82, 2.24) is 0 Å². The molecular weight excluding hydrogens is 360 g/mol. The Morgan fingerprint density at radius 3 is 0.967 bits per heavy atom. The fourth-order valence-electron chi connectivity index (χ4n) is 4.26. The fraction of sp³-hybridized carbons (Fsp3) is 0.867. The second-order valence-electron chi connectivity index (χ2n) is 9.48. The summed E-state index contributed by atoms with van der Waals surface area (Å²) in [6.45, 7) is 4.49. The first-order chi connectivity index (χ1) is 14.9. The van der Waals surface area contributed by atoms with E-state index in [0.29, 0.717) is 0 Å². The van der Waals surface area contributed by atoms with Crippen molar-refractivity contribution < 1.29 is 0 Å². The lowest BCUT2D eigenvalue weighted by Crippen LogP contribution is -1.84. The van der Waals surface area contributed by atoms with E-state index < -0.39 is 0 Å². The summed E-state index contributed by atoms with van der Waals surface area (Å²) >= 11 is 0. The van der Waals surface area contributed by atoms with Crippen molar-refractivity contribution in [3.8, 4) is 0 Å². The second kappa shape index (κ2) is 28.5. The van der Waals surface area contributed by atoms with E-state index in [0.717, 1.165) is 6.42 Å². The summed E-state index contributed by atoms with van der Waals surface area (Å²) in [5.74, 6) is 0. The van der Waals surface area contributed by atoms with Crippen molar-refractivity contribution >= 4 is 0 Å². The van der Waals surface area contributed by atoms with Crippen molar-refractivity contribution in [2.75, 3.05) is 0 Å². The molecule has 0 aromatic heterocycles. The van der Waals surface area contributed by atoms with Crippen LogP contribution in [0.25, 0.3) is 0 Å². The van der Waals surface area contributed by atoms with Gasteiger partial charge >= 0.3 is 0 Å². The summed E-state index contributed by atoms with van der Waals surface area (Å²) < 4.78 is 0. The van der Waals surface area contributed by atoms with Gasteiger partial charge in [-0.1, -0.05) is 173 Å². The first-order valence-corrected chi connectivity index (χ1v) is 14.2. The minimum absolute atomic E-state index is 1.14. The van der Waals surface area contributed by atoms with Crippen LogP contribution in [0, 0.1) is 0 Å². The monoisotopic (exact) mass is 418 g/mol. The highest BCUT2D eigenvalue weighted by Gasteiger charge is 1.95. The molecule has 0 saturated carbocycles. The molecule has 0 heterocycles. The molecule has 0 radical (unpaired) electrons. The zero-order valence-corrected chi connectivity index (χ0v) is 21.3. The summed E-state index contributed by atoms with van der Waals surface area (Å²) in [6, 6.07) is 0. The average molecular weight is 419 g/mol. The molecule has 0 spiro atoms. The Morgan fingerprint density at radius 1 is 0.333 bits per heavy atom. The topological polar surface area (TPSA) is 0 Å². The Hall–Kier alpha value is -0.520. The van der Waals surface area contributed by atoms with Crippen LogP contribution in [0.2, 0.25) is 0 Å². The van der Waals surface area contributed by atoms with E-state index in [-0.39, 0.29) is 0 Å². The van der Waals surface area contributed by atoms with Gasteiger partial charge in [-0.2, -0.15) is 0 Å². The fourth-order valence-corrected chi connectivity index (χ4v) is 4.26. The number of hydrogen-bond donors (Lipinski definition) is 0. The zero-order chi connectivity index (χ0) is 21.8. The third-order valence-corrected chi connectivity index (χ3v) is 6.34. The molecule has 0 nitrogen and oxygen atoms in total. The van der Waals surface area contributed by atoms with Crippen LogP contribution >= 0.6 is 0 Å². The van der Waals surface area contributed by atoms with E-state index in [1.54, 1.807) is 0 Å². The van der Waals surface area contributed by atoms with Gasteiger partial charge in [0.25, 0.3) is 0 Å². The van der Waals surface area contributed by atoms with Crippen molar-refractivity contribution in [2.45, 2.75) is 168 Å². The molecule has 0 unspecified atom stereocenters. The molecular formula is C30H58. The van der Waals surface area contributed by atoms with Crippen LogP contribution in [0.15, 0.2) is 24.3 Å². The Morgan fingerprint density at radius 2 is 0.633 bits per heavy atom. The molecule has 0 aromatic carbocycles. The van der Waals surface area contributed by atoms with Crippen molar-refractivity contribution in [2.24, 2.45) is 0 Å². The van der Waals surface area contributed by atoms with Gasteiger partial charge in [0.1, 0.15) is 0 Å². The quantitative estimate of drug-likeness (QED) is 0.102. The van der Waals surface area contributed by atoms with Gasteiger partial charge in [0.2, 0.25) is 0 Å². The Labute approximate surface area is 192 Å². The number of hydrogen-bond acceptors (Lipinski definition) is 0. The van der Waals surface area contributed by atoms with Crippen LogP contribution in [-0.4, -0.2) is 0 Å². The van der Waals surface area contributed by atoms with E-state index in [1.165, 1.54) is 148 Å². The van der Waals surface area contributed by atoms with Crippen LogP contribution < -0.4 is 0 Å². The maximum Gasteiger partial charge on any atom is -0.0348 e. The zero-order valence-electron chi connectivity index (χ0n) is 21.3. The molecule has 0 aliphatic rings. The van der Waals surface area contributed by atoms with Gasteiger partial charge in [0, 0.05) is 0 Å². The highest BCUT2D eigenvalue weighted by Crippen LogP contribution is 2.15. The van der Waals surface area contributed by atoms with Crippen LogP contribution in [0.4, 0.5) is 0 Å². The van der Waals surface area contributed by atoms with Crippen LogP contribution in [0.1, 0.15) is 168 Å². The molecule has 0 rings (SSSR count). The number of allylic oxidation sites excluding steroid dienone is 4. The summed E-state index contributed by atoms with van der Waals surface area (Å²) in [5.41, 5.74) is 0. The van der Waals surface area contributed by atoms with Gasteiger partial charge < -0.3 is 0 Å². The first-order valence-electron chi connectivity index (χ1n) is 14.2. The summed E-state index contributed by atoms with van der Waals surface area (Å²) in [5, 5.41) is 0. The summed E-state index contributed by atoms with van der Waals surface area (Å²) in [7, 11) is 0. The van der Waals surface area contributed by atoms with Gasteiger partial charge in [-0.3, -0.25) is 0 Å². The molecule has 0 fully saturated rings. The molecule has 0 aliphatic heterocycles. The Balaban J connectivity index is 3.03. The molecule has 0 N–H and O–H groups in total. The molecule has 0 aromatic rings. The van der Waals surface area contributed by atoms with E-state index >= 15 is 0 Å². The largest absolute Gasteiger partial charge is 0.0848 e. The van der Waals surface area contributed by atoms with Crippen LogP contribution in [0.5, 0.6) is 0 Å². The molecule has 0 heteroatoms. The van der Waals surface area contributed by atoms with Crippen molar-refractivity contribution in [3.05, 3.63) is 24.3 Å². The normalized spacial score (nSPS) is 11.9. The molecule has 0 amide bonds. The maximum atomic E-state index is 2.32. The second-order valence-corrected chi connectivity index (χ2v) is 9.48. The van der Waals surface area contributed by atoms with E-state index in [4.69, 9.17) is 0 Å². The lowest BCUT2D eigenvalue weighted by atomic mass is 10.0. The minimum atomic E-state index is 1.14. The standard InChI is InChI=1S/C30H58/c1-3-5-7-9-11-13-15-17-19-21-23-25-27-29-30-28-26-24-22-20-18-16-14-12-10-8-6-4-2/h5,7,9,11H,3-4,6,8,10,12-30H2,1-2H3. The predicted molar refractivity (Wildman–Crippen MR) is 140 cm³/mol. The smallest absolute Gasteiger partial charge is 0.0348 e. The average Bonchev–Trinajstić information content (AvgIpc) is 2.76. The van der Waals surface area contributed by atoms with Gasteiger partial charge in [0.05, 0.1) is 0 Å². The van der Waals surface area contributed by atoms with Gasteiger partial charge in [-0.05, 0) is 19.3 Å². The van der Waals surface area contributed by atoms with E-state index in [1.807, 2.05) is 0 Å². The molecule has 0 saturated heterocycles. The molecule has 178 valence electrons. The van der Waals surface area contributed by atoms with Crippen molar-refractivity contribution in [1.29, 1.82) is 0 Å². The molecule has 0 aliphatic carbocycles. The molecule has 0 bridgehead atoms. The lowest BCUT2D eigenvalue weighted by molar-refractivity contribution is 0.519. The van der Waals surface area contributed by atoms with Gasteiger partial charge in [0.15, 0.2) is 0 Å². The SMILES string of the molecule is CCC=CC=CCCCCCCCCCCCCCCCCCCCCCCCC. The summed E-state index contributed by atoms with van der Waals surface area (Å²) in [6.07, 6.45) is 43.5. The predicted octanol–water partition coefficient (Wildman–Crippen LogP) is 11.5. The van der Waals surface area contributed by atoms with Gasteiger partial charge in [-0.15, -0.1) is 0 Å². The van der Waals surface area contributed by atoms with Crippen LogP contribution in [0.3, 0.4) is 0 Å². The highest BCUT2D eigenvalue weighted by atomic mass is 14.0. The molecule has 30 heavy (non-hydrogen) atoms. The van der Waals surface area contributed by atoms with E-state index in [2.05, 4.69) is 38.2 Å². The minimum Gasteiger partial charge on any atom is -0.0848 e. The van der Waals surface area contributed by atoms with Crippen LogP contribution in [-0.2, 0) is 0 Å². The highest BCUT2D eigenvalue weighted by molar-refractivity contribution is 5.01. The van der Waals surface area contributed by atoms with E-state index in [9.17, 15) is 0 Å². The third-order valence-electron chi connectivity index (χ3n) is 6.34. The number of rotatable bonds is 25. The lowest BCUT2D eigenvalue weighted by Gasteiger charge is -2.04. The Bertz CT molecular complexity index is 338. The Kier molecular flexibility index (Phi) is 28.0. The third kappa shape index (κ3) is 27.5.